The Morgan fingerprint density at radius 1 is 0.971 bits per heavy atom. The topological polar surface area (TPSA) is 189 Å². The zero-order valence-electron chi connectivity index (χ0n) is 40.0. The van der Waals surface area contributed by atoms with Gasteiger partial charge in [0.2, 0.25) is 5.75 Å². The Morgan fingerprint density at radius 3 is 2.64 bits per heavy atom. The molecule has 2 aliphatic carbocycles. The van der Waals surface area contributed by atoms with Crippen LogP contribution in [0.2, 0.25) is 0 Å². The number of anilines is 1. The second-order valence-corrected chi connectivity index (χ2v) is 20.1. The third-order valence-electron chi connectivity index (χ3n) is 15.6. The summed E-state index contributed by atoms with van der Waals surface area (Å²) in [5, 5.41) is 69.7. The summed E-state index contributed by atoms with van der Waals surface area (Å²) in [5.74, 6) is -0.165. The van der Waals surface area contributed by atoms with E-state index in [-0.39, 0.29) is 65.1 Å². The standard InChI is InChI=1S/C57H68N4O8/c1-34-7-4-8-36(23-34)33-69-52-29-39(28-50(66)56(52)67)38-25-40(32-58-2)54-45-15-14-44(62)26-37(45)13-16-46(54)61-53-31-42(19-22-60-53)57(20-5-9-41(57)30-43-10-6-21-59-43)55(49(65)27-38)48(64)18-12-35-11-17-47(63)51(24-35)68-3/h4,6,8,10-11,13-17,19,21,24,26,28-29,31,34,36,38,40-41,48,55,58-64,66-67H,5,7,9,12,18,20,22-23,25,27,30,32-33H2,1-3H3. The van der Waals surface area contributed by atoms with E-state index < -0.39 is 23.4 Å². The molecule has 1 fully saturated rings. The number of aliphatic hydroxyl groups excluding tert-OH is 1. The maximum Gasteiger partial charge on any atom is 0.200 e. The van der Waals surface area contributed by atoms with Gasteiger partial charge in [0.05, 0.1) is 25.7 Å². The number of H-pyrrole nitrogens is 1. The van der Waals surface area contributed by atoms with Crippen LogP contribution in [0.1, 0.15) is 92.5 Å². The number of Topliss-reactive ketones (excluding diaryl/α,β-unsaturated/α-hetero) is 1. The molecule has 2 aliphatic heterocycles. The van der Waals surface area contributed by atoms with Gasteiger partial charge in [0.15, 0.2) is 23.0 Å². The quantitative estimate of drug-likeness (QED) is 0.0404. The normalized spacial score (nSPS) is 25.3. The van der Waals surface area contributed by atoms with Gasteiger partial charge in [-0.15, -0.1) is 0 Å². The molecule has 0 radical (unpaired) electrons. The van der Waals surface area contributed by atoms with Crippen LogP contribution in [0.15, 0.2) is 115 Å². The van der Waals surface area contributed by atoms with Crippen LogP contribution in [0.5, 0.6) is 34.5 Å². The van der Waals surface area contributed by atoms with Gasteiger partial charge in [-0.1, -0.05) is 49.8 Å². The van der Waals surface area contributed by atoms with Gasteiger partial charge in [-0.2, -0.15) is 0 Å². The van der Waals surface area contributed by atoms with Gasteiger partial charge in [0, 0.05) is 48.4 Å². The van der Waals surface area contributed by atoms with Crippen LogP contribution >= 0.6 is 0 Å². The van der Waals surface area contributed by atoms with Crippen molar-refractivity contribution >= 4 is 22.2 Å². The van der Waals surface area contributed by atoms with E-state index in [0.717, 1.165) is 70.4 Å². The smallest absolute Gasteiger partial charge is 0.200 e. The zero-order chi connectivity index (χ0) is 48.2. The number of carbonyl (C=O) groups excluding carboxylic acids is 1. The first-order valence-corrected chi connectivity index (χ1v) is 24.8. The summed E-state index contributed by atoms with van der Waals surface area (Å²) in [5.41, 5.74) is 4.73. The highest BCUT2D eigenvalue weighted by atomic mass is 16.5. The van der Waals surface area contributed by atoms with E-state index in [1.807, 2.05) is 37.5 Å². The summed E-state index contributed by atoms with van der Waals surface area (Å²) in [6.07, 6.45) is 15.8. The van der Waals surface area contributed by atoms with Crippen LogP contribution in [-0.2, 0) is 17.6 Å². The number of fused-ring (bicyclic) bond motifs is 5. The molecule has 1 spiro atoms. The lowest BCUT2D eigenvalue weighted by Crippen LogP contribution is -2.48. The third kappa shape index (κ3) is 10.1. The van der Waals surface area contributed by atoms with E-state index in [9.17, 15) is 25.5 Å². The number of aromatic amines is 1. The molecule has 2 bridgehead atoms. The molecule has 12 heteroatoms. The van der Waals surface area contributed by atoms with Crippen molar-refractivity contribution in [3.8, 4) is 34.5 Å². The number of benzene rings is 4. The molecule has 0 saturated heterocycles. The fraction of sp³-hybridized carbons (Fsp3) is 0.421. The molecular weight excluding hydrogens is 869 g/mol. The number of likely N-dealkylation sites (N-methyl/N-ethyl adjacent to an activating group) is 1. The Balaban J connectivity index is 1.21. The summed E-state index contributed by atoms with van der Waals surface area (Å²) < 4.78 is 11.8. The van der Waals surface area contributed by atoms with Crippen LogP contribution in [0.3, 0.4) is 0 Å². The number of ether oxygens (including phenoxy) is 2. The maximum atomic E-state index is 16.2. The number of nitrogens with one attached hydrogen (secondary N) is 4. The van der Waals surface area contributed by atoms with Crippen LogP contribution in [0.4, 0.5) is 5.69 Å². The molecule has 5 aromatic rings. The van der Waals surface area contributed by atoms with Gasteiger partial charge >= 0.3 is 0 Å². The number of carbonyl (C=O) groups is 1. The Bertz CT molecular complexity index is 2730. The fourth-order valence-corrected chi connectivity index (χ4v) is 12.4. The first kappa shape index (κ1) is 47.7. The highest BCUT2D eigenvalue weighted by Gasteiger charge is 2.55. The summed E-state index contributed by atoms with van der Waals surface area (Å²) in [7, 11) is 3.43. The lowest BCUT2D eigenvalue weighted by molar-refractivity contribution is -0.134. The minimum Gasteiger partial charge on any atom is -0.508 e. The van der Waals surface area contributed by atoms with Crippen molar-refractivity contribution in [2.24, 2.45) is 29.1 Å². The summed E-state index contributed by atoms with van der Waals surface area (Å²) in [6, 6.07) is 22.2. The first-order chi connectivity index (χ1) is 33.4. The number of aryl methyl sites for hydroxylation is 1. The number of rotatable bonds is 13. The highest BCUT2D eigenvalue weighted by Crippen LogP contribution is 2.58. The van der Waals surface area contributed by atoms with E-state index in [1.165, 1.54) is 7.11 Å². The minimum absolute atomic E-state index is 0.00540. The molecule has 12 nitrogen and oxygen atoms in total. The number of hydrogen-bond donors (Lipinski definition) is 9. The highest BCUT2D eigenvalue weighted by molar-refractivity contribution is 5.92. The number of allylic oxidation sites excluding steroid dienone is 3. The third-order valence-corrected chi connectivity index (χ3v) is 15.6. The molecular formula is C57H68N4O8. The Morgan fingerprint density at radius 2 is 1.84 bits per heavy atom. The van der Waals surface area contributed by atoms with Crippen molar-refractivity contribution in [1.29, 1.82) is 0 Å². The minimum atomic E-state index is -1.06. The van der Waals surface area contributed by atoms with Crippen molar-refractivity contribution < 1.29 is 39.8 Å². The monoisotopic (exact) mass is 937 g/mol. The zero-order valence-corrected chi connectivity index (χ0v) is 40.0. The largest absolute Gasteiger partial charge is 0.508 e. The Hall–Kier alpha value is -6.37. The molecule has 69 heavy (non-hydrogen) atoms. The molecule has 1 saturated carbocycles. The average Bonchev–Trinajstić information content (AvgIpc) is 4.02. The molecule has 4 aliphatic rings. The summed E-state index contributed by atoms with van der Waals surface area (Å²) >= 11 is 0. The molecule has 1 aromatic heterocycles. The summed E-state index contributed by atoms with van der Waals surface area (Å²) in [6.45, 7) is 3.58. The number of hydrogen-bond acceptors (Lipinski definition) is 11. The van der Waals surface area contributed by atoms with Crippen LogP contribution < -0.4 is 25.4 Å². The van der Waals surface area contributed by atoms with E-state index in [0.29, 0.717) is 62.6 Å². The predicted octanol–water partition coefficient (Wildman–Crippen LogP) is 9.85. The molecule has 9 rings (SSSR count). The average molecular weight is 937 g/mol. The number of aromatic nitrogens is 1. The predicted molar refractivity (Wildman–Crippen MR) is 270 cm³/mol. The number of phenolic OH excluding ortho intramolecular Hbond substituents is 4. The number of methoxy groups -OCH3 is 1. The van der Waals surface area contributed by atoms with Crippen molar-refractivity contribution in [2.75, 3.05) is 39.2 Å². The second kappa shape index (κ2) is 20.7. The molecule has 8 atom stereocenters. The first-order valence-electron chi connectivity index (χ1n) is 24.8. The summed E-state index contributed by atoms with van der Waals surface area (Å²) in [4.78, 5) is 19.7. The van der Waals surface area contributed by atoms with Crippen LogP contribution in [0.25, 0.3) is 10.8 Å². The van der Waals surface area contributed by atoms with Gasteiger partial charge in [-0.05, 0) is 176 Å². The fourth-order valence-electron chi connectivity index (χ4n) is 12.4. The SMILES string of the molecule is CNCC1CC(c2cc(O)c(O)c(OCC3C=CCC(C)C3)c2)CC(=O)C(C(O)CCc2ccc(O)c(OC)c2)C2(CCCC2Cc2ccc[nH]2)C2=CCNC(=C2)Nc2ccc3cc(O)ccc3c21. The van der Waals surface area contributed by atoms with E-state index >= 15 is 4.79 Å². The number of ketones is 1. The molecule has 0 amide bonds. The van der Waals surface area contributed by atoms with E-state index in [4.69, 9.17) is 9.47 Å². The number of aliphatic hydroxyl groups is 1. The number of dihydropyridines is 1. The van der Waals surface area contributed by atoms with E-state index in [1.54, 1.807) is 36.4 Å². The molecule has 4 aromatic carbocycles. The molecule has 3 heterocycles. The lowest BCUT2D eigenvalue weighted by atomic mass is 9.58. The van der Waals surface area contributed by atoms with Crippen molar-refractivity contribution in [3.05, 3.63) is 137 Å². The molecule has 9 N–H and O–H groups in total. The Kier molecular flexibility index (Phi) is 14.3. The molecule has 8 unspecified atom stereocenters. The van der Waals surface area contributed by atoms with Crippen LogP contribution in [0, 0.1) is 29.1 Å². The molecule has 364 valence electrons. The van der Waals surface area contributed by atoms with Gasteiger partial charge in [0.1, 0.15) is 17.4 Å². The van der Waals surface area contributed by atoms with Crippen molar-refractivity contribution in [1.82, 2.24) is 15.6 Å². The second-order valence-electron chi connectivity index (χ2n) is 20.1. The maximum absolute atomic E-state index is 16.2. The van der Waals surface area contributed by atoms with E-state index in [2.05, 4.69) is 64.3 Å². The van der Waals surface area contributed by atoms with Crippen molar-refractivity contribution in [3.63, 3.8) is 0 Å². The van der Waals surface area contributed by atoms with Gasteiger partial charge in [-0.25, -0.2) is 0 Å². The number of aromatic hydroxyl groups is 4. The van der Waals surface area contributed by atoms with Crippen LogP contribution in [-0.4, -0.2) is 76.3 Å². The van der Waals surface area contributed by atoms with Gasteiger partial charge in [-0.3, -0.25) is 4.79 Å². The lowest BCUT2D eigenvalue weighted by Gasteiger charge is -2.46. The van der Waals surface area contributed by atoms with Crippen molar-refractivity contribution in [2.45, 2.75) is 89.1 Å². The van der Waals surface area contributed by atoms with Gasteiger partial charge < -0.3 is 55.9 Å². The number of phenols is 4. The Labute approximate surface area is 405 Å². The van der Waals surface area contributed by atoms with Gasteiger partial charge in [0.25, 0.3) is 0 Å².